The molecule has 0 spiro atoms. The maximum Gasteiger partial charge on any atom is 0.270 e. The summed E-state index contributed by atoms with van der Waals surface area (Å²) in [4.78, 5) is 10.4. The first-order chi connectivity index (χ1) is 12.0. The lowest BCUT2D eigenvalue weighted by Gasteiger charge is -2.10. The van der Waals surface area contributed by atoms with Crippen LogP contribution >= 0.6 is 45.2 Å². The Balaban J connectivity index is 2.43. The molecule has 7 heteroatoms. The average molecular weight is 558 g/mol. The highest BCUT2D eigenvalue weighted by molar-refractivity contribution is 14.1. The van der Waals surface area contributed by atoms with Gasteiger partial charge in [0.15, 0.2) is 0 Å². The zero-order chi connectivity index (χ0) is 18.4. The van der Waals surface area contributed by atoms with Gasteiger partial charge < -0.3 is 4.74 Å². The van der Waals surface area contributed by atoms with Crippen molar-refractivity contribution in [1.29, 1.82) is 5.26 Å². The van der Waals surface area contributed by atoms with Crippen LogP contribution in [0.4, 0.5) is 5.69 Å². The number of nitro groups is 1. The predicted octanol–water partition coefficient (Wildman–Crippen LogP) is 5.43. The average Bonchev–Trinajstić information content (AvgIpc) is 2.59. The quantitative estimate of drug-likeness (QED) is 0.118. The van der Waals surface area contributed by atoms with Crippen LogP contribution < -0.4 is 4.74 Å². The standard InChI is InChI=1S/C18H12I2N2O3/c1-2-6-25-18-16(19)8-12(9-17(18)20)7-14(11-21)13-4-3-5-15(10-13)22(23)24/h2-5,7-10H,1,6H2/b14-7-. The SMILES string of the molecule is C=CCOc1c(I)cc(/C=C(/C#N)c2cccc([N+](=O)[O-])c2)cc1I. The number of nitriles is 1. The highest BCUT2D eigenvalue weighted by Gasteiger charge is 2.11. The molecule has 0 bridgehead atoms. The molecule has 0 saturated heterocycles. The molecule has 25 heavy (non-hydrogen) atoms. The first kappa shape index (κ1) is 19.4. The van der Waals surface area contributed by atoms with Gasteiger partial charge in [-0.25, -0.2) is 0 Å². The Bertz CT molecular complexity index is 878. The summed E-state index contributed by atoms with van der Waals surface area (Å²) in [5.74, 6) is 0.770. The highest BCUT2D eigenvalue weighted by atomic mass is 127. The molecule has 2 aromatic carbocycles. The smallest absolute Gasteiger partial charge is 0.270 e. The van der Waals surface area contributed by atoms with Gasteiger partial charge in [-0.3, -0.25) is 10.1 Å². The van der Waals surface area contributed by atoms with E-state index in [1.54, 1.807) is 24.3 Å². The first-order valence-corrected chi connectivity index (χ1v) is 9.21. The van der Waals surface area contributed by atoms with Crippen LogP contribution in [0.25, 0.3) is 11.6 Å². The van der Waals surface area contributed by atoms with Crippen LogP contribution in [0.2, 0.25) is 0 Å². The van der Waals surface area contributed by atoms with Gasteiger partial charge in [0.25, 0.3) is 5.69 Å². The first-order valence-electron chi connectivity index (χ1n) is 7.05. The number of halogens is 2. The number of hydrogen-bond donors (Lipinski definition) is 0. The van der Waals surface area contributed by atoms with Crippen molar-refractivity contribution in [2.75, 3.05) is 6.61 Å². The number of hydrogen-bond acceptors (Lipinski definition) is 4. The Hall–Kier alpha value is -1.93. The summed E-state index contributed by atoms with van der Waals surface area (Å²) in [7, 11) is 0. The van der Waals surface area contributed by atoms with Gasteiger partial charge in [-0.1, -0.05) is 24.8 Å². The Morgan fingerprint density at radius 3 is 2.56 bits per heavy atom. The molecule has 0 atom stereocenters. The summed E-state index contributed by atoms with van der Waals surface area (Å²) in [5.41, 5.74) is 1.64. The number of non-ortho nitro benzene ring substituents is 1. The van der Waals surface area contributed by atoms with E-state index in [1.165, 1.54) is 12.1 Å². The maximum atomic E-state index is 10.9. The third-order valence-corrected chi connectivity index (χ3v) is 4.77. The number of nitrogens with zero attached hydrogens (tertiary/aromatic N) is 2. The summed E-state index contributed by atoms with van der Waals surface area (Å²) >= 11 is 4.35. The van der Waals surface area contributed by atoms with Crippen LogP contribution in [0.15, 0.2) is 49.1 Å². The molecular weight excluding hydrogens is 546 g/mol. The van der Waals surface area contributed by atoms with Gasteiger partial charge >= 0.3 is 0 Å². The van der Waals surface area contributed by atoms with E-state index in [2.05, 4.69) is 57.8 Å². The molecular formula is C18H12I2N2O3. The number of nitro benzene ring substituents is 1. The zero-order valence-electron chi connectivity index (χ0n) is 12.9. The lowest BCUT2D eigenvalue weighted by molar-refractivity contribution is -0.384. The molecule has 0 aliphatic rings. The molecule has 0 amide bonds. The van der Waals surface area contributed by atoms with Crippen molar-refractivity contribution in [2.45, 2.75) is 0 Å². The molecule has 2 aromatic rings. The van der Waals surface area contributed by atoms with Gasteiger partial charge in [0, 0.05) is 12.1 Å². The van der Waals surface area contributed by atoms with E-state index in [-0.39, 0.29) is 5.69 Å². The zero-order valence-corrected chi connectivity index (χ0v) is 17.2. The molecule has 0 N–H and O–H groups in total. The predicted molar refractivity (Wildman–Crippen MR) is 114 cm³/mol. The number of rotatable bonds is 6. The fourth-order valence-electron chi connectivity index (χ4n) is 2.08. The maximum absolute atomic E-state index is 10.9. The van der Waals surface area contributed by atoms with Crippen LogP contribution in [-0.2, 0) is 0 Å². The second-order valence-corrected chi connectivity index (χ2v) is 7.21. The number of ether oxygens (including phenoxy) is 1. The minimum absolute atomic E-state index is 0.0454. The largest absolute Gasteiger partial charge is 0.487 e. The normalized spacial score (nSPS) is 10.8. The van der Waals surface area contributed by atoms with Crippen LogP contribution in [0.3, 0.4) is 0 Å². The highest BCUT2D eigenvalue weighted by Crippen LogP contribution is 2.31. The van der Waals surface area contributed by atoms with Crippen molar-refractivity contribution >= 4 is 62.5 Å². The topological polar surface area (TPSA) is 76.2 Å². The molecule has 126 valence electrons. The van der Waals surface area contributed by atoms with E-state index in [4.69, 9.17) is 4.74 Å². The van der Waals surface area contributed by atoms with Crippen LogP contribution in [0.1, 0.15) is 11.1 Å². The lowest BCUT2D eigenvalue weighted by Crippen LogP contribution is -1.98. The fourth-order valence-corrected chi connectivity index (χ4v) is 4.20. The third-order valence-electron chi connectivity index (χ3n) is 3.17. The molecule has 0 radical (unpaired) electrons. The van der Waals surface area contributed by atoms with Crippen molar-refractivity contribution in [3.63, 3.8) is 0 Å². The van der Waals surface area contributed by atoms with E-state index >= 15 is 0 Å². The van der Waals surface area contributed by atoms with E-state index < -0.39 is 4.92 Å². The minimum Gasteiger partial charge on any atom is -0.487 e. The van der Waals surface area contributed by atoms with Crippen LogP contribution in [-0.4, -0.2) is 11.5 Å². The summed E-state index contributed by atoms with van der Waals surface area (Å²) < 4.78 is 7.46. The van der Waals surface area contributed by atoms with Crippen molar-refractivity contribution < 1.29 is 9.66 Å². The number of benzene rings is 2. The van der Waals surface area contributed by atoms with Gasteiger partial charge in [0.2, 0.25) is 0 Å². The van der Waals surface area contributed by atoms with E-state index in [1.807, 2.05) is 12.1 Å². The van der Waals surface area contributed by atoms with Gasteiger partial charge in [0.05, 0.1) is 23.7 Å². The summed E-state index contributed by atoms with van der Waals surface area (Å²) in [5, 5.41) is 20.4. The second kappa shape index (κ2) is 8.96. The van der Waals surface area contributed by atoms with Crippen LogP contribution in [0.5, 0.6) is 5.75 Å². The van der Waals surface area contributed by atoms with Gasteiger partial charge in [0.1, 0.15) is 12.4 Å². The summed E-state index contributed by atoms with van der Waals surface area (Å²) in [6.45, 7) is 4.05. The second-order valence-electron chi connectivity index (χ2n) is 4.89. The molecule has 5 nitrogen and oxygen atoms in total. The minimum atomic E-state index is -0.476. The van der Waals surface area contributed by atoms with Crippen LogP contribution in [0, 0.1) is 28.6 Å². The Morgan fingerprint density at radius 2 is 2.00 bits per heavy atom. The van der Waals surface area contributed by atoms with Crippen molar-refractivity contribution in [3.8, 4) is 11.8 Å². The summed E-state index contributed by atoms with van der Waals surface area (Å²) in [6.07, 6.45) is 3.39. The fraction of sp³-hybridized carbons (Fsp3) is 0.0556. The molecule has 0 saturated carbocycles. The van der Waals surface area contributed by atoms with E-state index in [0.717, 1.165) is 18.5 Å². The lowest BCUT2D eigenvalue weighted by atomic mass is 10.0. The Morgan fingerprint density at radius 1 is 1.32 bits per heavy atom. The van der Waals surface area contributed by atoms with Gasteiger partial charge in [-0.05, 0) is 74.5 Å². The molecule has 0 aromatic heterocycles. The molecule has 0 aliphatic heterocycles. The molecule has 2 rings (SSSR count). The van der Waals surface area contributed by atoms with E-state index in [9.17, 15) is 15.4 Å². The number of allylic oxidation sites excluding steroid dienone is 1. The van der Waals surface area contributed by atoms with Gasteiger partial charge in [-0.15, -0.1) is 0 Å². The Labute approximate surface area is 172 Å². The Kier molecular flexibility index (Phi) is 6.95. The molecule has 0 unspecified atom stereocenters. The van der Waals surface area contributed by atoms with Gasteiger partial charge in [-0.2, -0.15) is 5.26 Å². The van der Waals surface area contributed by atoms with E-state index in [0.29, 0.717) is 17.7 Å². The third kappa shape index (κ3) is 5.02. The monoisotopic (exact) mass is 558 g/mol. The molecule has 0 fully saturated rings. The van der Waals surface area contributed by atoms with Crippen molar-refractivity contribution in [1.82, 2.24) is 0 Å². The van der Waals surface area contributed by atoms with Crippen molar-refractivity contribution in [2.24, 2.45) is 0 Å². The summed E-state index contributed by atoms with van der Waals surface area (Å²) in [6, 6.07) is 11.9. The molecule has 0 aliphatic carbocycles. The van der Waals surface area contributed by atoms with Crippen molar-refractivity contribution in [3.05, 3.63) is 77.4 Å². The molecule has 0 heterocycles.